The molecule has 2 nitrogen and oxygen atoms in total. The first-order valence-corrected chi connectivity index (χ1v) is 7.86. The van der Waals surface area contributed by atoms with E-state index in [4.69, 9.17) is 0 Å². The molecule has 1 amide bonds. The highest BCUT2D eigenvalue weighted by Gasteiger charge is 2.11. The summed E-state index contributed by atoms with van der Waals surface area (Å²) in [5.41, 5.74) is 1.19. The third-order valence-electron chi connectivity index (χ3n) is 2.88. The van der Waals surface area contributed by atoms with Crippen molar-refractivity contribution in [3.8, 4) is 0 Å². The van der Waals surface area contributed by atoms with Crippen molar-refractivity contribution < 1.29 is 4.79 Å². The van der Waals surface area contributed by atoms with Gasteiger partial charge in [0.15, 0.2) is 0 Å². The molecule has 0 aliphatic rings. The Kier molecular flexibility index (Phi) is 6.22. The quantitative estimate of drug-likeness (QED) is 0.827. The maximum atomic E-state index is 11.8. The molecule has 18 heavy (non-hydrogen) atoms. The molecule has 0 aromatic heterocycles. The molecule has 0 saturated heterocycles. The Balaban J connectivity index is 2.47. The number of hydrogen-bond acceptors (Lipinski definition) is 2. The summed E-state index contributed by atoms with van der Waals surface area (Å²) in [6.45, 7) is 8.31. The van der Waals surface area contributed by atoms with Gasteiger partial charge in [0.2, 0.25) is 5.91 Å². The Morgan fingerprint density at radius 1 is 1.39 bits per heavy atom. The Hall–Kier alpha value is -0.480. The Labute approximate surface area is 122 Å². The number of benzene rings is 1. The van der Waals surface area contributed by atoms with E-state index in [1.165, 1.54) is 5.56 Å². The van der Waals surface area contributed by atoms with Gasteiger partial charge in [-0.15, -0.1) is 11.8 Å². The van der Waals surface area contributed by atoms with Gasteiger partial charge in [-0.1, -0.05) is 29.8 Å². The highest BCUT2D eigenvalue weighted by atomic mass is 79.9. The van der Waals surface area contributed by atoms with Crippen LogP contribution in [0.2, 0.25) is 0 Å². The molecule has 1 atom stereocenters. The van der Waals surface area contributed by atoms with E-state index in [0.29, 0.717) is 11.7 Å². The lowest BCUT2D eigenvalue weighted by Gasteiger charge is -2.17. The second-order valence-electron chi connectivity index (χ2n) is 4.80. The summed E-state index contributed by atoms with van der Waals surface area (Å²) in [5.74, 6) is 1.04. The number of halogens is 1. The van der Waals surface area contributed by atoms with E-state index in [2.05, 4.69) is 48.1 Å². The van der Waals surface area contributed by atoms with Crippen LogP contribution in [0.5, 0.6) is 0 Å². The summed E-state index contributed by atoms with van der Waals surface area (Å²) in [6, 6.07) is 6.34. The molecule has 0 radical (unpaired) electrons. The fourth-order valence-corrected chi connectivity index (χ4v) is 2.68. The molecular formula is C14H20BrNOS. The number of carbonyl (C=O) groups excluding carboxylic acids is 1. The van der Waals surface area contributed by atoms with Crippen LogP contribution in [0.4, 0.5) is 0 Å². The van der Waals surface area contributed by atoms with Crippen molar-refractivity contribution in [1.82, 2.24) is 5.32 Å². The molecule has 1 aromatic carbocycles. The van der Waals surface area contributed by atoms with Crippen LogP contribution in [0.1, 0.15) is 26.3 Å². The van der Waals surface area contributed by atoms with Gasteiger partial charge < -0.3 is 5.32 Å². The van der Waals surface area contributed by atoms with Crippen molar-refractivity contribution in [3.63, 3.8) is 0 Å². The highest BCUT2D eigenvalue weighted by molar-refractivity contribution is 9.10. The minimum atomic E-state index is 0.100. The van der Waals surface area contributed by atoms with Gasteiger partial charge in [0, 0.05) is 15.4 Å². The standard InChI is InChI=1S/C14H20BrNOS/c1-9(2)11(4)16-14(17)8-18-13-6-5-12(15)7-10(13)3/h5-7,9,11H,8H2,1-4H3,(H,16,17). The average Bonchev–Trinajstić information content (AvgIpc) is 2.27. The van der Waals surface area contributed by atoms with E-state index in [0.717, 1.165) is 9.37 Å². The molecule has 1 aromatic rings. The topological polar surface area (TPSA) is 29.1 Å². The molecule has 100 valence electrons. The summed E-state index contributed by atoms with van der Waals surface area (Å²) >= 11 is 5.02. The molecule has 0 saturated carbocycles. The van der Waals surface area contributed by atoms with E-state index in [-0.39, 0.29) is 11.9 Å². The van der Waals surface area contributed by atoms with Gasteiger partial charge in [-0.05, 0) is 43.5 Å². The van der Waals surface area contributed by atoms with Crippen LogP contribution in [-0.2, 0) is 4.79 Å². The van der Waals surface area contributed by atoms with Gasteiger partial charge in [0.25, 0.3) is 0 Å². The molecule has 0 aliphatic carbocycles. The molecule has 1 unspecified atom stereocenters. The smallest absolute Gasteiger partial charge is 0.230 e. The number of carbonyl (C=O) groups is 1. The summed E-state index contributed by atoms with van der Waals surface area (Å²) < 4.78 is 1.07. The summed E-state index contributed by atoms with van der Waals surface area (Å²) in [4.78, 5) is 12.9. The maximum absolute atomic E-state index is 11.8. The Bertz CT molecular complexity index is 420. The minimum Gasteiger partial charge on any atom is -0.353 e. The molecule has 0 heterocycles. The lowest BCUT2D eigenvalue weighted by molar-refractivity contribution is -0.119. The van der Waals surface area contributed by atoms with Gasteiger partial charge in [0.1, 0.15) is 0 Å². The van der Waals surface area contributed by atoms with Gasteiger partial charge in [-0.25, -0.2) is 0 Å². The van der Waals surface area contributed by atoms with Crippen molar-refractivity contribution >= 4 is 33.6 Å². The second kappa shape index (κ2) is 7.19. The predicted molar refractivity (Wildman–Crippen MR) is 82.0 cm³/mol. The first-order valence-electron chi connectivity index (χ1n) is 6.08. The van der Waals surface area contributed by atoms with E-state index in [9.17, 15) is 4.79 Å². The Morgan fingerprint density at radius 2 is 2.06 bits per heavy atom. The molecule has 1 rings (SSSR count). The summed E-state index contributed by atoms with van der Waals surface area (Å²) in [5, 5.41) is 3.01. The zero-order valence-corrected chi connectivity index (χ0v) is 13.7. The van der Waals surface area contributed by atoms with Gasteiger partial charge >= 0.3 is 0 Å². The third kappa shape index (κ3) is 5.02. The number of aryl methyl sites for hydroxylation is 1. The van der Waals surface area contributed by atoms with Crippen LogP contribution in [0.3, 0.4) is 0 Å². The minimum absolute atomic E-state index is 0.100. The predicted octanol–water partition coefficient (Wildman–Crippen LogP) is 4.01. The van der Waals surface area contributed by atoms with Crippen LogP contribution in [0, 0.1) is 12.8 Å². The maximum Gasteiger partial charge on any atom is 0.230 e. The molecule has 0 fully saturated rings. The number of amides is 1. The first-order chi connectivity index (χ1) is 8.40. The van der Waals surface area contributed by atoms with E-state index in [1.807, 2.05) is 19.1 Å². The third-order valence-corrected chi connectivity index (χ3v) is 4.55. The molecular weight excluding hydrogens is 310 g/mol. The van der Waals surface area contributed by atoms with Crippen molar-refractivity contribution in [2.24, 2.45) is 5.92 Å². The molecule has 0 spiro atoms. The van der Waals surface area contributed by atoms with Crippen molar-refractivity contribution in [1.29, 1.82) is 0 Å². The molecule has 1 N–H and O–H groups in total. The molecule has 0 bridgehead atoms. The SMILES string of the molecule is Cc1cc(Br)ccc1SCC(=O)NC(C)C(C)C. The lowest BCUT2D eigenvalue weighted by Crippen LogP contribution is -2.37. The van der Waals surface area contributed by atoms with Crippen LogP contribution in [0.25, 0.3) is 0 Å². The fourth-order valence-electron chi connectivity index (χ4n) is 1.38. The van der Waals surface area contributed by atoms with E-state index in [1.54, 1.807) is 11.8 Å². The van der Waals surface area contributed by atoms with Crippen molar-refractivity contribution in [2.45, 2.75) is 38.6 Å². The normalized spacial score (nSPS) is 12.6. The summed E-state index contributed by atoms with van der Waals surface area (Å²) in [6.07, 6.45) is 0. The van der Waals surface area contributed by atoms with Crippen LogP contribution in [0.15, 0.2) is 27.6 Å². The lowest BCUT2D eigenvalue weighted by atomic mass is 10.1. The second-order valence-corrected chi connectivity index (χ2v) is 6.73. The van der Waals surface area contributed by atoms with Crippen molar-refractivity contribution in [3.05, 3.63) is 28.2 Å². The molecule has 0 aliphatic heterocycles. The highest BCUT2D eigenvalue weighted by Crippen LogP contribution is 2.25. The molecule has 4 heteroatoms. The summed E-state index contributed by atoms with van der Waals surface area (Å²) in [7, 11) is 0. The van der Waals surface area contributed by atoms with Gasteiger partial charge in [-0.2, -0.15) is 0 Å². The number of hydrogen-bond donors (Lipinski definition) is 1. The van der Waals surface area contributed by atoms with Crippen molar-refractivity contribution in [2.75, 3.05) is 5.75 Å². The van der Waals surface area contributed by atoms with Crippen LogP contribution < -0.4 is 5.32 Å². The van der Waals surface area contributed by atoms with E-state index >= 15 is 0 Å². The monoisotopic (exact) mass is 329 g/mol. The number of nitrogens with one attached hydrogen (secondary N) is 1. The average molecular weight is 330 g/mol. The van der Waals surface area contributed by atoms with Gasteiger partial charge in [0.05, 0.1) is 5.75 Å². The van der Waals surface area contributed by atoms with Crippen LogP contribution in [-0.4, -0.2) is 17.7 Å². The zero-order chi connectivity index (χ0) is 13.7. The van der Waals surface area contributed by atoms with E-state index < -0.39 is 0 Å². The number of thioether (sulfide) groups is 1. The first kappa shape index (κ1) is 15.6. The van der Waals surface area contributed by atoms with Gasteiger partial charge in [-0.3, -0.25) is 4.79 Å². The number of rotatable bonds is 5. The van der Waals surface area contributed by atoms with Crippen LogP contribution >= 0.6 is 27.7 Å². The zero-order valence-electron chi connectivity index (χ0n) is 11.3. The fraction of sp³-hybridized carbons (Fsp3) is 0.500. The largest absolute Gasteiger partial charge is 0.353 e. The Morgan fingerprint density at radius 3 is 2.61 bits per heavy atom.